The van der Waals surface area contributed by atoms with E-state index < -0.39 is 7.12 Å². The number of aryl methyl sites for hydroxylation is 1. The van der Waals surface area contributed by atoms with Crippen molar-refractivity contribution in [1.29, 1.82) is 0 Å². The molecule has 0 amide bonds. The molecule has 0 aliphatic carbocycles. The molecule has 162 valence electrons. The second-order valence-electron chi connectivity index (χ2n) is 8.09. The van der Waals surface area contributed by atoms with E-state index in [1.54, 1.807) is 24.7 Å². The minimum Gasteiger partial charge on any atom is -0.323 e. The molecule has 0 radical (unpaired) electrons. The van der Waals surface area contributed by atoms with E-state index in [9.17, 15) is 0 Å². The molecule has 1 aliphatic heterocycles. The third-order valence-electron chi connectivity index (χ3n) is 6.08. The van der Waals surface area contributed by atoms with Crippen LogP contribution in [0.2, 0.25) is 6.82 Å². The van der Waals surface area contributed by atoms with Gasteiger partial charge in [-0.05, 0) is 43.2 Å². The molecule has 0 atom stereocenters. The highest BCUT2D eigenvalue weighted by atomic mass is 19.1. The van der Waals surface area contributed by atoms with Gasteiger partial charge in [-0.3, -0.25) is 15.0 Å². The standard InChI is InChI=1S/C23H15BFN9/c1-24(25)34-21-14-8-5-11-28-17(14)23(34)30-18-12-6-3-9-26-15(12)19(29-18)31-22-16-13(7-4-10-27-16)20(32-21)33(22)2/h3-11H,1-2H3. The van der Waals surface area contributed by atoms with Gasteiger partial charge >= 0.3 is 7.12 Å². The van der Waals surface area contributed by atoms with Gasteiger partial charge in [-0.1, -0.05) is 0 Å². The van der Waals surface area contributed by atoms with Crippen molar-refractivity contribution in [3.63, 3.8) is 0 Å². The molecule has 0 N–H and O–H groups in total. The fraction of sp³-hybridized carbons (Fsp3) is 0.0870. The topological polar surface area (TPSA) is 100 Å². The Kier molecular flexibility index (Phi) is 3.76. The summed E-state index contributed by atoms with van der Waals surface area (Å²) in [6, 6.07) is 11.1. The van der Waals surface area contributed by atoms with Gasteiger partial charge < -0.3 is 13.4 Å². The summed E-state index contributed by atoms with van der Waals surface area (Å²) in [5, 5.41) is 1.48. The second-order valence-corrected chi connectivity index (χ2v) is 8.09. The van der Waals surface area contributed by atoms with Gasteiger partial charge in [0.2, 0.25) is 0 Å². The van der Waals surface area contributed by atoms with Gasteiger partial charge in [0.05, 0.1) is 0 Å². The van der Waals surface area contributed by atoms with E-state index in [1.165, 1.54) is 11.3 Å². The van der Waals surface area contributed by atoms with Crippen LogP contribution in [0.1, 0.15) is 0 Å². The van der Waals surface area contributed by atoms with Gasteiger partial charge in [-0.15, -0.1) is 0 Å². The summed E-state index contributed by atoms with van der Waals surface area (Å²) < 4.78 is 18.5. The van der Waals surface area contributed by atoms with Crippen LogP contribution in [0.4, 0.5) is 4.32 Å². The normalized spacial score (nSPS) is 12.0. The Morgan fingerprint density at radius 1 is 0.706 bits per heavy atom. The van der Waals surface area contributed by atoms with Gasteiger partial charge in [-0.2, -0.15) is 0 Å². The third kappa shape index (κ3) is 2.46. The number of rotatable bonds is 1. The molecule has 11 heteroatoms. The van der Waals surface area contributed by atoms with Crippen LogP contribution in [0.25, 0.3) is 67.3 Å². The number of pyridine rings is 3. The van der Waals surface area contributed by atoms with Crippen molar-refractivity contribution in [3.05, 3.63) is 55.0 Å². The molecular formula is C23H15BFN9. The lowest BCUT2D eigenvalue weighted by Crippen LogP contribution is -2.15. The first-order valence-corrected chi connectivity index (χ1v) is 10.7. The Hall–Kier alpha value is -4.54. The summed E-state index contributed by atoms with van der Waals surface area (Å²) in [6.07, 6.45) is 5.06. The summed E-state index contributed by atoms with van der Waals surface area (Å²) in [5.74, 6) is 0.811. The van der Waals surface area contributed by atoms with Crippen LogP contribution in [0.5, 0.6) is 0 Å². The molecule has 9 nitrogen and oxygen atoms in total. The molecule has 0 spiro atoms. The van der Waals surface area contributed by atoms with Crippen LogP contribution in [-0.2, 0) is 7.05 Å². The Labute approximate surface area is 191 Å². The van der Waals surface area contributed by atoms with Crippen LogP contribution in [0, 0.1) is 0 Å². The third-order valence-corrected chi connectivity index (χ3v) is 6.08. The molecule has 0 saturated heterocycles. The zero-order valence-electron chi connectivity index (χ0n) is 18.2. The molecule has 7 rings (SSSR count). The van der Waals surface area contributed by atoms with Gasteiger partial charge in [0, 0.05) is 42.0 Å². The van der Waals surface area contributed by atoms with Crippen LogP contribution in [0.15, 0.2) is 55.0 Å². The molecule has 7 heterocycles. The highest BCUT2D eigenvalue weighted by molar-refractivity contribution is 6.50. The Morgan fingerprint density at radius 2 is 1.35 bits per heavy atom. The van der Waals surface area contributed by atoms with E-state index in [2.05, 4.69) is 15.0 Å². The van der Waals surface area contributed by atoms with E-state index in [-0.39, 0.29) is 0 Å². The molecule has 1 aliphatic rings. The number of hydrogen-bond acceptors (Lipinski definition) is 7. The van der Waals surface area contributed by atoms with Gasteiger partial charge in [0.15, 0.2) is 22.9 Å². The number of halogens is 1. The van der Waals surface area contributed by atoms with Gasteiger partial charge in [0.25, 0.3) is 0 Å². The second kappa shape index (κ2) is 6.73. The van der Waals surface area contributed by atoms with Gasteiger partial charge in [-0.25, -0.2) is 19.9 Å². The molecule has 0 aromatic carbocycles. The quantitative estimate of drug-likeness (QED) is 0.352. The van der Waals surface area contributed by atoms with Gasteiger partial charge in [0.1, 0.15) is 28.0 Å². The monoisotopic (exact) mass is 447 g/mol. The maximum absolute atomic E-state index is 15.2. The van der Waals surface area contributed by atoms with Crippen LogP contribution >= 0.6 is 0 Å². The highest BCUT2D eigenvalue weighted by Crippen LogP contribution is 2.34. The number of fused-ring (bicyclic) bond motifs is 15. The molecule has 6 aromatic heterocycles. The predicted molar refractivity (Wildman–Crippen MR) is 128 cm³/mol. The number of nitrogens with zero attached hydrogens (tertiary/aromatic N) is 9. The van der Waals surface area contributed by atoms with Crippen molar-refractivity contribution in [2.75, 3.05) is 0 Å². The molecular weight excluding hydrogens is 432 g/mol. The Bertz CT molecular complexity index is 1870. The molecule has 0 saturated carbocycles. The molecule has 34 heavy (non-hydrogen) atoms. The van der Waals surface area contributed by atoms with Crippen LogP contribution in [-0.4, -0.2) is 51.1 Å². The summed E-state index contributed by atoms with van der Waals surface area (Å²) in [7, 11) is 0.449. The van der Waals surface area contributed by atoms with E-state index >= 15 is 4.32 Å². The molecule has 0 fully saturated rings. The maximum atomic E-state index is 15.2. The Morgan fingerprint density at radius 3 is 2.12 bits per heavy atom. The number of hydrogen-bond donors (Lipinski definition) is 0. The minimum absolute atomic E-state index is 0.344. The van der Waals surface area contributed by atoms with E-state index in [4.69, 9.17) is 19.9 Å². The van der Waals surface area contributed by atoms with E-state index in [1.807, 2.05) is 41.9 Å². The van der Waals surface area contributed by atoms with Crippen LogP contribution in [0.3, 0.4) is 0 Å². The first-order valence-electron chi connectivity index (χ1n) is 10.7. The summed E-state index contributed by atoms with van der Waals surface area (Å²) in [5.41, 5.74) is 4.48. The minimum atomic E-state index is -1.41. The molecule has 6 bridgehead atoms. The highest BCUT2D eigenvalue weighted by Gasteiger charge is 2.25. The molecule has 0 unspecified atom stereocenters. The van der Waals surface area contributed by atoms with Crippen molar-refractivity contribution < 1.29 is 4.32 Å². The first kappa shape index (κ1) is 19.0. The van der Waals surface area contributed by atoms with Crippen molar-refractivity contribution in [3.8, 4) is 22.9 Å². The average Bonchev–Trinajstić information content (AvgIpc) is 3.45. The number of aromatic nitrogens is 9. The largest absolute Gasteiger partial charge is 0.464 e. The van der Waals surface area contributed by atoms with E-state index in [0.717, 1.165) is 5.39 Å². The fourth-order valence-electron chi connectivity index (χ4n) is 4.57. The zero-order chi connectivity index (χ0) is 23.0. The van der Waals surface area contributed by atoms with Crippen molar-refractivity contribution in [2.24, 2.45) is 7.05 Å². The summed E-state index contributed by atoms with van der Waals surface area (Å²) in [6.45, 7) is 1.46. The van der Waals surface area contributed by atoms with Crippen LogP contribution < -0.4 is 0 Å². The summed E-state index contributed by atoms with van der Waals surface area (Å²) >= 11 is 0. The zero-order valence-corrected chi connectivity index (χ0v) is 18.2. The lowest BCUT2D eigenvalue weighted by Gasteiger charge is -2.03. The lowest BCUT2D eigenvalue weighted by atomic mass is 9.92. The summed E-state index contributed by atoms with van der Waals surface area (Å²) in [4.78, 5) is 32.9. The van der Waals surface area contributed by atoms with E-state index in [0.29, 0.717) is 61.9 Å². The van der Waals surface area contributed by atoms with Crippen molar-refractivity contribution in [2.45, 2.75) is 6.82 Å². The predicted octanol–water partition coefficient (Wildman–Crippen LogP) is 3.91. The average molecular weight is 447 g/mol. The SMILES string of the molecule is CB(F)n1c2nc3c4cccnc4c(nc4nc(nc1c1ncccc12)-c1cccnc1-4)n3C. The smallest absolute Gasteiger partial charge is 0.323 e. The maximum Gasteiger partial charge on any atom is 0.464 e. The van der Waals surface area contributed by atoms with Crippen molar-refractivity contribution >= 4 is 51.5 Å². The first-order chi connectivity index (χ1) is 16.6. The molecule has 6 aromatic rings. The van der Waals surface area contributed by atoms with Crippen molar-refractivity contribution in [1.82, 2.24) is 43.9 Å². The fourth-order valence-corrected chi connectivity index (χ4v) is 4.57. The lowest BCUT2D eigenvalue weighted by molar-refractivity contribution is 0.808. The Balaban J connectivity index is 1.86.